The number of hydrogen-bond acceptors (Lipinski definition) is 2. The highest BCUT2D eigenvalue weighted by Gasteiger charge is 2.35. The molecule has 0 radical (unpaired) electrons. The first-order valence-electron chi connectivity index (χ1n) is 11.7. The number of anilines is 1. The summed E-state index contributed by atoms with van der Waals surface area (Å²) < 4.78 is 4.16. The molecule has 6 rings (SSSR count). The highest BCUT2D eigenvalue weighted by molar-refractivity contribution is 5.90. The molecule has 0 bridgehead atoms. The van der Waals surface area contributed by atoms with Crippen LogP contribution in [0, 0.1) is 6.92 Å². The van der Waals surface area contributed by atoms with Gasteiger partial charge in [0.05, 0.1) is 29.7 Å². The molecule has 0 spiro atoms. The third kappa shape index (κ3) is 3.69. The second-order valence-electron chi connectivity index (χ2n) is 8.68. The molecule has 2 aromatic heterocycles. The van der Waals surface area contributed by atoms with Crippen molar-refractivity contribution in [2.75, 3.05) is 5.32 Å². The number of nitrogens with one attached hydrogen (secondary N) is 1. The van der Waals surface area contributed by atoms with Gasteiger partial charge in [0.1, 0.15) is 5.82 Å². The van der Waals surface area contributed by atoms with Crippen molar-refractivity contribution in [3.05, 3.63) is 132 Å². The molecule has 0 fully saturated rings. The van der Waals surface area contributed by atoms with Crippen LogP contribution in [0.2, 0.25) is 0 Å². The van der Waals surface area contributed by atoms with Crippen molar-refractivity contribution in [1.29, 1.82) is 0 Å². The molecule has 0 aliphatic carbocycles. The summed E-state index contributed by atoms with van der Waals surface area (Å²) in [5, 5.41) is 8.00. The molecule has 2 amide bonds. The molecule has 35 heavy (non-hydrogen) atoms. The van der Waals surface area contributed by atoms with E-state index in [1.165, 1.54) is 0 Å². The van der Waals surface area contributed by atoms with Gasteiger partial charge in [0.2, 0.25) is 0 Å². The number of carbonyl (C=O) groups is 1. The fourth-order valence-electron chi connectivity index (χ4n) is 4.85. The smallest absolute Gasteiger partial charge is 0.308 e. The number of aryl methyl sites for hydroxylation is 1. The predicted octanol–water partition coefficient (Wildman–Crippen LogP) is 6.11. The predicted molar refractivity (Wildman–Crippen MR) is 137 cm³/mol. The van der Waals surface area contributed by atoms with Crippen LogP contribution in [-0.2, 0) is 6.54 Å². The molecule has 1 aliphatic rings. The molecule has 3 aromatic carbocycles. The van der Waals surface area contributed by atoms with Crippen LogP contribution < -0.4 is 5.32 Å². The molecule has 1 aliphatic heterocycles. The van der Waals surface area contributed by atoms with Crippen molar-refractivity contribution in [3.8, 4) is 11.5 Å². The van der Waals surface area contributed by atoms with Gasteiger partial charge in [-0.3, -0.25) is 0 Å². The maximum atomic E-state index is 13.8. The molecule has 1 atom stereocenters. The van der Waals surface area contributed by atoms with Crippen molar-refractivity contribution in [3.63, 3.8) is 0 Å². The summed E-state index contributed by atoms with van der Waals surface area (Å²) >= 11 is 0. The van der Waals surface area contributed by atoms with Crippen LogP contribution >= 0.6 is 0 Å². The molecule has 1 N–H and O–H groups in total. The topological polar surface area (TPSA) is 55.1 Å². The molecule has 6 heteroatoms. The van der Waals surface area contributed by atoms with E-state index in [1.54, 1.807) is 0 Å². The van der Waals surface area contributed by atoms with Crippen LogP contribution in [0.1, 0.15) is 28.6 Å². The van der Waals surface area contributed by atoms with E-state index in [0.29, 0.717) is 6.54 Å². The van der Waals surface area contributed by atoms with Crippen LogP contribution in [-0.4, -0.2) is 25.3 Å². The van der Waals surface area contributed by atoms with E-state index in [2.05, 4.69) is 46.4 Å². The van der Waals surface area contributed by atoms with Gasteiger partial charge in [-0.25, -0.2) is 9.48 Å². The Morgan fingerprint density at radius 1 is 0.857 bits per heavy atom. The molecule has 172 valence electrons. The number of para-hydroxylation sites is 2. The molecular formula is C29H25N5O. The number of benzene rings is 3. The summed E-state index contributed by atoms with van der Waals surface area (Å²) in [5.41, 5.74) is 5.73. The Balaban J connectivity index is 1.54. The van der Waals surface area contributed by atoms with Crippen molar-refractivity contribution in [2.45, 2.75) is 19.5 Å². The summed E-state index contributed by atoms with van der Waals surface area (Å²) in [4.78, 5) is 15.7. The minimum Gasteiger partial charge on any atom is -0.308 e. The Hall–Kier alpha value is -4.58. The number of fused-ring (bicyclic) bond motifs is 3. The number of nitrogens with zero attached hydrogens (tertiary/aromatic N) is 4. The number of amides is 2. The minimum absolute atomic E-state index is 0.155. The lowest BCUT2D eigenvalue weighted by Crippen LogP contribution is -2.38. The zero-order chi connectivity index (χ0) is 23.8. The Labute approximate surface area is 204 Å². The fraction of sp³-hybridized carbons (Fsp3) is 0.103. The second-order valence-corrected chi connectivity index (χ2v) is 8.68. The Bertz CT molecular complexity index is 1470. The zero-order valence-corrected chi connectivity index (χ0v) is 19.4. The Kier molecular flexibility index (Phi) is 5.19. The summed E-state index contributed by atoms with van der Waals surface area (Å²) in [5.74, 6) is 0.963. The molecule has 5 aromatic rings. The van der Waals surface area contributed by atoms with Crippen LogP contribution in [0.15, 0.2) is 109 Å². The van der Waals surface area contributed by atoms with Gasteiger partial charge in [-0.05, 0) is 48.9 Å². The third-order valence-corrected chi connectivity index (χ3v) is 6.49. The highest BCUT2D eigenvalue weighted by Crippen LogP contribution is 2.38. The van der Waals surface area contributed by atoms with E-state index in [4.69, 9.17) is 5.10 Å². The lowest BCUT2D eigenvalue weighted by Gasteiger charge is -2.31. The number of rotatable bonds is 3. The first kappa shape index (κ1) is 21.0. The lowest BCUT2D eigenvalue weighted by atomic mass is 10.0. The molecule has 3 heterocycles. The second kappa shape index (κ2) is 8.65. The maximum Gasteiger partial charge on any atom is 0.322 e. The zero-order valence-electron chi connectivity index (χ0n) is 19.4. The van der Waals surface area contributed by atoms with Gasteiger partial charge in [0.25, 0.3) is 0 Å². The van der Waals surface area contributed by atoms with Crippen molar-refractivity contribution < 1.29 is 4.79 Å². The highest BCUT2D eigenvalue weighted by atomic mass is 16.2. The number of hydrogen-bond donors (Lipinski definition) is 1. The van der Waals surface area contributed by atoms with E-state index in [9.17, 15) is 4.79 Å². The third-order valence-electron chi connectivity index (χ3n) is 6.49. The molecule has 0 saturated carbocycles. The monoisotopic (exact) mass is 459 g/mol. The SMILES string of the molecule is Cc1nn(-c2ccccc2)c2c1CN(C(=O)Nc1ccccc1)C(c1ccccc1)c1cccn1-2. The van der Waals surface area contributed by atoms with Gasteiger partial charge in [0, 0.05) is 17.4 Å². The van der Waals surface area contributed by atoms with Crippen molar-refractivity contribution >= 4 is 11.7 Å². The fourth-order valence-corrected chi connectivity index (χ4v) is 4.85. The molecular weight excluding hydrogens is 434 g/mol. The number of urea groups is 1. The van der Waals surface area contributed by atoms with Gasteiger partial charge in [-0.2, -0.15) is 5.10 Å². The summed E-state index contributed by atoms with van der Waals surface area (Å²) in [6.45, 7) is 2.44. The first-order chi connectivity index (χ1) is 17.2. The lowest BCUT2D eigenvalue weighted by molar-refractivity contribution is 0.194. The number of aromatic nitrogens is 3. The van der Waals surface area contributed by atoms with Crippen LogP contribution in [0.25, 0.3) is 11.5 Å². The first-order valence-corrected chi connectivity index (χ1v) is 11.7. The van der Waals surface area contributed by atoms with E-state index in [0.717, 1.165) is 39.7 Å². The van der Waals surface area contributed by atoms with Gasteiger partial charge >= 0.3 is 6.03 Å². The standard InChI is InChI=1S/C29H25N5O/c1-21-25-20-33(29(35)30-23-14-7-3-8-15-23)27(22-12-5-2-6-13-22)26-18-11-19-32(26)28(25)34(31-21)24-16-9-4-10-17-24/h2-19,27H,20H2,1H3,(H,30,35). The Morgan fingerprint density at radius 3 is 2.23 bits per heavy atom. The normalized spacial score (nSPS) is 14.7. The van der Waals surface area contributed by atoms with Crippen LogP contribution in [0.4, 0.5) is 10.5 Å². The average Bonchev–Trinajstić information content (AvgIpc) is 3.46. The van der Waals surface area contributed by atoms with Gasteiger partial charge in [-0.1, -0.05) is 66.7 Å². The van der Waals surface area contributed by atoms with E-state index in [-0.39, 0.29) is 12.1 Å². The van der Waals surface area contributed by atoms with Gasteiger partial charge in [0.15, 0.2) is 0 Å². The summed E-state index contributed by atoms with van der Waals surface area (Å²) in [7, 11) is 0. The molecule has 1 unspecified atom stereocenters. The minimum atomic E-state index is -0.272. The largest absolute Gasteiger partial charge is 0.322 e. The van der Waals surface area contributed by atoms with Crippen molar-refractivity contribution in [1.82, 2.24) is 19.2 Å². The molecule has 0 saturated heterocycles. The van der Waals surface area contributed by atoms with Gasteiger partial charge in [-0.15, -0.1) is 0 Å². The van der Waals surface area contributed by atoms with Crippen LogP contribution in [0.3, 0.4) is 0 Å². The van der Waals surface area contributed by atoms with Gasteiger partial charge < -0.3 is 14.8 Å². The van der Waals surface area contributed by atoms with Crippen molar-refractivity contribution in [2.24, 2.45) is 0 Å². The van der Waals surface area contributed by atoms with E-state index in [1.807, 2.05) is 89.3 Å². The Morgan fingerprint density at radius 2 is 1.51 bits per heavy atom. The maximum absolute atomic E-state index is 13.8. The molecule has 6 nitrogen and oxygen atoms in total. The average molecular weight is 460 g/mol. The van der Waals surface area contributed by atoms with E-state index < -0.39 is 0 Å². The summed E-state index contributed by atoms with van der Waals surface area (Å²) in [6, 6.07) is 33.6. The quantitative estimate of drug-likeness (QED) is 0.354. The van der Waals surface area contributed by atoms with Crippen LogP contribution in [0.5, 0.6) is 0 Å². The summed E-state index contributed by atoms with van der Waals surface area (Å²) in [6.07, 6.45) is 2.06. The van der Waals surface area contributed by atoms with E-state index >= 15 is 0 Å². The number of carbonyl (C=O) groups excluding carboxylic acids is 1.